The number of carboxylic acids is 1. The minimum Gasteiger partial charge on any atom is -0.504 e. The summed E-state index contributed by atoms with van der Waals surface area (Å²) in [4.78, 5) is 12.2. The number of phenolic OH excluding ortho intramolecular Hbond substituents is 1. The molecule has 0 atom stereocenters. The van der Waals surface area contributed by atoms with E-state index in [2.05, 4.69) is 20.8 Å². The van der Waals surface area contributed by atoms with Crippen LogP contribution in [-0.4, -0.2) is 27.9 Å². The quantitative estimate of drug-likeness (QED) is 0.0733. The zero-order valence-corrected chi connectivity index (χ0v) is 26.3. The zero-order chi connectivity index (χ0) is 29.4. The number of carbonyl (C=O) groups is 1. The maximum Gasteiger partial charge on any atom is 0.343 e. The van der Waals surface area contributed by atoms with Crippen molar-refractivity contribution in [3.8, 4) is 17.2 Å². The summed E-state index contributed by atoms with van der Waals surface area (Å²) in [5.74, 6) is -1.77. The number of aromatic hydroxyl groups is 2. The van der Waals surface area contributed by atoms with Crippen molar-refractivity contribution in [2.75, 3.05) is 6.61 Å². The van der Waals surface area contributed by atoms with E-state index in [1.54, 1.807) is 0 Å². The number of hydrogen-bond acceptors (Lipinski definition) is 4. The van der Waals surface area contributed by atoms with Gasteiger partial charge in [0.2, 0.25) is 0 Å². The molecule has 40 heavy (non-hydrogen) atoms. The fourth-order valence-corrected chi connectivity index (χ4v) is 5.62. The van der Waals surface area contributed by atoms with Gasteiger partial charge >= 0.3 is 5.97 Å². The van der Waals surface area contributed by atoms with Crippen LogP contribution < -0.4 is 4.74 Å². The second-order valence-electron chi connectivity index (χ2n) is 11.7. The minimum atomic E-state index is -1.25. The second-order valence-corrected chi connectivity index (χ2v) is 11.7. The molecule has 1 aromatic carbocycles. The number of carboxylic acid groups (broad SMARTS) is 1. The van der Waals surface area contributed by atoms with Gasteiger partial charge in [0.25, 0.3) is 0 Å². The summed E-state index contributed by atoms with van der Waals surface area (Å²) >= 11 is 0. The van der Waals surface area contributed by atoms with Crippen LogP contribution in [0.1, 0.15) is 184 Å². The van der Waals surface area contributed by atoms with E-state index >= 15 is 0 Å². The van der Waals surface area contributed by atoms with E-state index in [1.165, 1.54) is 96.3 Å². The number of phenols is 2. The van der Waals surface area contributed by atoms with Gasteiger partial charge in [0.1, 0.15) is 11.3 Å². The molecule has 1 aromatic rings. The Morgan fingerprint density at radius 3 is 1.32 bits per heavy atom. The Hall–Kier alpha value is -1.91. The molecule has 0 heterocycles. The van der Waals surface area contributed by atoms with E-state index in [4.69, 9.17) is 4.74 Å². The van der Waals surface area contributed by atoms with Crippen molar-refractivity contribution in [1.29, 1.82) is 0 Å². The van der Waals surface area contributed by atoms with Crippen LogP contribution in [0.15, 0.2) is 0 Å². The molecular weight excluding hydrogens is 500 g/mol. The highest BCUT2D eigenvalue weighted by Crippen LogP contribution is 2.44. The van der Waals surface area contributed by atoms with Gasteiger partial charge in [-0.1, -0.05) is 143 Å². The molecule has 0 fully saturated rings. The molecule has 0 aliphatic heterocycles. The third kappa shape index (κ3) is 14.6. The van der Waals surface area contributed by atoms with Crippen LogP contribution in [0.4, 0.5) is 0 Å². The highest BCUT2D eigenvalue weighted by atomic mass is 16.5. The first-order valence-electron chi connectivity index (χ1n) is 16.9. The third-order valence-electron chi connectivity index (χ3n) is 8.13. The van der Waals surface area contributed by atoms with Crippen LogP contribution in [-0.2, 0) is 12.8 Å². The monoisotopic (exact) mass is 562 g/mol. The maximum atomic E-state index is 12.2. The SMILES string of the molecule is CCCCCCCCCCc1c(O)c(O)c(C(=O)O)c(OCCCCCCCC)c1CCCCCCCCCC. The Morgan fingerprint density at radius 2 is 0.900 bits per heavy atom. The van der Waals surface area contributed by atoms with Crippen molar-refractivity contribution >= 4 is 5.97 Å². The number of rotatable bonds is 27. The predicted molar refractivity (Wildman–Crippen MR) is 168 cm³/mol. The lowest BCUT2D eigenvalue weighted by atomic mass is 9.91. The smallest absolute Gasteiger partial charge is 0.343 e. The van der Waals surface area contributed by atoms with Crippen LogP contribution >= 0.6 is 0 Å². The van der Waals surface area contributed by atoms with Crippen molar-refractivity contribution in [2.45, 2.75) is 175 Å². The highest BCUT2D eigenvalue weighted by molar-refractivity contribution is 5.96. The number of ether oxygens (including phenoxy) is 1. The van der Waals surface area contributed by atoms with Gasteiger partial charge in [0.15, 0.2) is 11.5 Å². The van der Waals surface area contributed by atoms with E-state index in [9.17, 15) is 20.1 Å². The van der Waals surface area contributed by atoms with E-state index in [-0.39, 0.29) is 17.1 Å². The van der Waals surface area contributed by atoms with Gasteiger partial charge in [-0.05, 0) is 32.1 Å². The standard InChI is InChI=1S/C35H62O5/c1-4-7-10-13-16-18-20-23-26-29-30(27-24-21-19-17-14-11-8-5-2)34(31(35(38)39)33(37)32(29)36)40-28-25-22-15-12-9-6-3/h36-37H,4-28H2,1-3H3,(H,38,39). The van der Waals surface area contributed by atoms with Gasteiger partial charge in [-0.15, -0.1) is 0 Å². The van der Waals surface area contributed by atoms with Crippen molar-refractivity contribution in [2.24, 2.45) is 0 Å². The molecule has 0 aliphatic carbocycles. The third-order valence-corrected chi connectivity index (χ3v) is 8.13. The van der Waals surface area contributed by atoms with Crippen molar-refractivity contribution in [3.63, 3.8) is 0 Å². The van der Waals surface area contributed by atoms with Crippen LogP contribution in [0, 0.1) is 0 Å². The van der Waals surface area contributed by atoms with Crippen molar-refractivity contribution in [3.05, 3.63) is 16.7 Å². The lowest BCUT2D eigenvalue weighted by Crippen LogP contribution is -2.11. The molecular formula is C35H62O5. The molecule has 0 unspecified atom stereocenters. The zero-order valence-electron chi connectivity index (χ0n) is 26.3. The molecule has 0 radical (unpaired) electrons. The van der Waals surface area contributed by atoms with E-state index in [0.29, 0.717) is 25.0 Å². The summed E-state index contributed by atoms with van der Waals surface area (Å²) in [5.41, 5.74) is 1.21. The molecule has 0 saturated carbocycles. The Kier molecular flexibility index (Phi) is 21.5. The number of unbranched alkanes of at least 4 members (excludes halogenated alkanes) is 19. The highest BCUT2D eigenvalue weighted by Gasteiger charge is 2.28. The predicted octanol–water partition coefficient (Wildman–Crippen LogP) is 10.9. The first-order valence-corrected chi connectivity index (χ1v) is 16.9. The topological polar surface area (TPSA) is 87.0 Å². The fraction of sp³-hybridized carbons (Fsp3) is 0.800. The van der Waals surface area contributed by atoms with Gasteiger partial charge in [-0.3, -0.25) is 0 Å². The molecule has 5 nitrogen and oxygen atoms in total. The number of benzene rings is 1. The van der Waals surface area contributed by atoms with Crippen molar-refractivity contribution in [1.82, 2.24) is 0 Å². The van der Waals surface area contributed by atoms with Crippen LogP contribution in [0.25, 0.3) is 0 Å². The van der Waals surface area contributed by atoms with Gasteiger partial charge in [0, 0.05) is 11.1 Å². The Balaban J connectivity index is 2.97. The number of hydrogen-bond donors (Lipinski definition) is 3. The van der Waals surface area contributed by atoms with Crippen LogP contribution in [0.3, 0.4) is 0 Å². The van der Waals surface area contributed by atoms with Crippen molar-refractivity contribution < 1.29 is 24.9 Å². The van der Waals surface area contributed by atoms with Crippen LogP contribution in [0.5, 0.6) is 17.2 Å². The molecule has 0 saturated heterocycles. The average molecular weight is 563 g/mol. The molecule has 3 N–H and O–H groups in total. The van der Waals surface area contributed by atoms with Gasteiger partial charge in [0.05, 0.1) is 6.61 Å². The lowest BCUT2D eigenvalue weighted by molar-refractivity contribution is 0.0687. The first-order chi connectivity index (χ1) is 19.5. The summed E-state index contributed by atoms with van der Waals surface area (Å²) in [6.45, 7) is 7.09. The van der Waals surface area contributed by atoms with E-state index in [1.807, 2.05) is 0 Å². The molecule has 0 bridgehead atoms. The van der Waals surface area contributed by atoms with Gasteiger partial charge in [-0.2, -0.15) is 0 Å². The van der Waals surface area contributed by atoms with E-state index in [0.717, 1.165) is 50.5 Å². The molecule has 0 spiro atoms. The molecule has 0 amide bonds. The molecule has 5 heteroatoms. The average Bonchev–Trinajstić information content (AvgIpc) is 2.94. The van der Waals surface area contributed by atoms with Gasteiger partial charge < -0.3 is 20.1 Å². The second kappa shape index (κ2) is 23.8. The minimum absolute atomic E-state index is 0.262. The maximum absolute atomic E-state index is 12.2. The molecule has 0 aromatic heterocycles. The summed E-state index contributed by atoms with van der Waals surface area (Å²) in [6, 6.07) is 0. The van der Waals surface area contributed by atoms with E-state index < -0.39 is 11.7 Å². The Labute approximate surface area is 246 Å². The normalized spacial score (nSPS) is 11.3. The summed E-state index contributed by atoms with van der Waals surface area (Å²) in [7, 11) is 0. The Morgan fingerprint density at radius 1 is 0.525 bits per heavy atom. The summed E-state index contributed by atoms with van der Waals surface area (Å²) in [5, 5.41) is 31.7. The molecule has 1 rings (SSSR count). The van der Waals surface area contributed by atoms with Crippen LogP contribution in [0.2, 0.25) is 0 Å². The largest absolute Gasteiger partial charge is 0.504 e. The molecule has 232 valence electrons. The number of aromatic carboxylic acids is 1. The van der Waals surface area contributed by atoms with Gasteiger partial charge in [-0.25, -0.2) is 4.79 Å². The summed E-state index contributed by atoms with van der Waals surface area (Å²) < 4.78 is 6.17. The lowest BCUT2D eigenvalue weighted by Gasteiger charge is -2.21. The summed E-state index contributed by atoms with van der Waals surface area (Å²) in [6.07, 6.45) is 27.0. The first kappa shape index (κ1) is 36.1. The Bertz CT molecular complexity index is 789. The fourth-order valence-electron chi connectivity index (χ4n) is 5.62. The molecule has 0 aliphatic rings.